The van der Waals surface area contributed by atoms with E-state index in [-0.39, 0.29) is 11.0 Å². The third-order valence-electron chi connectivity index (χ3n) is 4.12. The third kappa shape index (κ3) is 4.98. The maximum absolute atomic E-state index is 1.58. The molecule has 0 aromatic rings. The summed E-state index contributed by atoms with van der Waals surface area (Å²) in [7, 11) is 0. The lowest BCUT2D eigenvalue weighted by molar-refractivity contribution is 0.244. The van der Waals surface area contributed by atoms with Gasteiger partial charge < -0.3 is 11.0 Å². The van der Waals surface area contributed by atoms with Crippen molar-refractivity contribution in [3.63, 3.8) is 0 Å². The normalized spacial score (nSPS) is 24.0. The third-order valence-corrected chi connectivity index (χ3v) is 4.12. The Labute approximate surface area is 94.1 Å². The first-order valence-electron chi connectivity index (χ1n) is 6.45. The quantitative estimate of drug-likeness (QED) is 0.681. The van der Waals surface area contributed by atoms with E-state index >= 15 is 0 Å². The molecule has 0 aromatic carbocycles. The van der Waals surface area contributed by atoms with Crippen molar-refractivity contribution in [1.29, 1.82) is 0 Å². The summed E-state index contributed by atoms with van der Waals surface area (Å²) in [6.45, 7) is 0. The second-order valence-corrected chi connectivity index (χ2v) is 5.24. The molecule has 0 amide bonds. The molecule has 0 aliphatic heterocycles. The highest BCUT2D eigenvalue weighted by Crippen LogP contribution is 2.34. The number of rotatable bonds is 2. The standard InChI is InChI=1S/C13H24.2H2O/c1-3-7-12(8-4-1)11-13-9-5-2-6-10-13;;/h12-13H,1-11H2;2*1H2. The maximum Gasteiger partial charge on any atom is -0.0412 e. The van der Waals surface area contributed by atoms with Gasteiger partial charge >= 0.3 is 0 Å². The van der Waals surface area contributed by atoms with E-state index in [1.54, 1.807) is 32.1 Å². The first kappa shape index (κ1) is 14.9. The lowest BCUT2D eigenvalue weighted by Gasteiger charge is -2.28. The van der Waals surface area contributed by atoms with Crippen LogP contribution in [0.1, 0.15) is 70.6 Å². The zero-order valence-electron chi connectivity index (χ0n) is 9.93. The Bertz CT molecular complexity index is 119. The van der Waals surface area contributed by atoms with E-state index in [4.69, 9.17) is 0 Å². The molecule has 0 unspecified atom stereocenters. The first-order chi connectivity index (χ1) is 6.45. The summed E-state index contributed by atoms with van der Waals surface area (Å²) in [6.07, 6.45) is 16.9. The molecule has 2 saturated carbocycles. The molecular weight excluding hydrogens is 188 g/mol. The molecule has 2 heteroatoms. The van der Waals surface area contributed by atoms with Crippen LogP contribution in [0.3, 0.4) is 0 Å². The van der Waals surface area contributed by atoms with E-state index in [1.165, 1.54) is 38.5 Å². The van der Waals surface area contributed by atoms with E-state index < -0.39 is 0 Å². The zero-order chi connectivity index (χ0) is 8.93. The minimum absolute atomic E-state index is 0. The topological polar surface area (TPSA) is 63.0 Å². The Morgan fingerprint density at radius 2 is 0.867 bits per heavy atom. The summed E-state index contributed by atoms with van der Waals surface area (Å²) in [5.41, 5.74) is 0. The van der Waals surface area contributed by atoms with Crippen LogP contribution in [0.25, 0.3) is 0 Å². The molecule has 92 valence electrons. The largest absolute Gasteiger partial charge is 0.412 e. The summed E-state index contributed by atoms with van der Waals surface area (Å²) < 4.78 is 0. The van der Waals surface area contributed by atoms with Crippen molar-refractivity contribution in [2.45, 2.75) is 70.6 Å². The van der Waals surface area contributed by atoms with Crippen LogP contribution in [-0.2, 0) is 0 Å². The van der Waals surface area contributed by atoms with Gasteiger partial charge in [-0.2, -0.15) is 0 Å². The van der Waals surface area contributed by atoms with Crippen molar-refractivity contribution in [3.8, 4) is 0 Å². The lowest BCUT2D eigenvalue weighted by atomic mass is 9.78. The molecule has 4 N–H and O–H groups in total. The van der Waals surface area contributed by atoms with Gasteiger partial charge in [0, 0.05) is 0 Å². The number of hydrogen-bond acceptors (Lipinski definition) is 0. The van der Waals surface area contributed by atoms with Gasteiger partial charge in [-0.3, -0.25) is 0 Å². The van der Waals surface area contributed by atoms with E-state index in [0.717, 1.165) is 11.8 Å². The molecule has 0 aromatic heterocycles. The van der Waals surface area contributed by atoms with E-state index in [0.29, 0.717) is 0 Å². The second kappa shape index (κ2) is 8.12. The summed E-state index contributed by atoms with van der Waals surface area (Å²) >= 11 is 0. The maximum atomic E-state index is 1.58. The fourth-order valence-electron chi connectivity index (χ4n) is 3.32. The molecule has 0 saturated heterocycles. The summed E-state index contributed by atoms with van der Waals surface area (Å²) in [5, 5.41) is 0. The SMILES string of the molecule is C1CCC(CC2CCCCC2)CC1.O.O. The van der Waals surface area contributed by atoms with Crippen LogP contribution in [0, 0.1) is 11.8 Å². The molecule has 2 nitrogen and oxygen atoms in total. The molecule has 0 bridgehead atoms. The molecule has 2 aliphatic rings. The van der Waals surface area contributed by atoms with Gasteiger partial charge in [-0.15, -0.1) is 0 Å². The van der Waals surface area contributed by atoms with Crippen LogP contribution in [0.15, 0.2) is 0 Å². The monoisotopic (exact) mass is 216 g/mol. The smallest absolute Gasteiger partial charge is 0.0412 e. The molecule has 2 rings (SSSR count). The van der Waals surface area contributed by atoms with Crippen LogP contribution >= 0.6 is 0 Å². The van der Waals surface area contributed by atoms with Gasteiger partial charge in [0.2, 0.25) is 0 Å². The van der Waals surface area contributed by atoms with E-state index in [9.17, 15) is 0 Å². The molecule has 2 aliphatic carbocycles. The van der Waals surface area contributed by atoms with Gasteiger partial charge in [0.1, 0.15) is 0 Å². The zero-order valence-corrected chi connectivity index (χ0v) is 9.93. The highest BCUT2D eigenvalue weighted by molar-refractivity contribution is 4.73. The molecule has 0 spiro atoms. The molecule has 0 atom stereocenters. The lowest BCUT2D eigenvalue weighted by Crippen LogP contribution is -2.14. The van der Waals surface area contributed by atoms with Crippen LogP contribution < -0.4 is 0 Å². The summed E-state index contributed by atoms with van der Waals surface area (Å²) in [6, 6.07) is 0. The van der Waals surface area contributed by atoms with Gasteiger partial charge in [0.25, 0.3) is 0 Å². The van der Waals surface area contributed by atoms with Gasteiger partial charge in [-0.25, -0.2) is 0 Å². The second-order valence-electron chi connectivity index (χ2n) is 5.24. The molecule has 2 fully saturated rings. The van der Waals surface area contributed by atoms with Crippen molar-refractivity contribution < 1.29 is 11.0 Å². The Balaban J connectivity index is 0.000000980. The summed E-state index contributed by atoms with van der Waals surface area (Å²) in [4.78, 5) is 0. The van der Waals surface area contributed by atoms with Crippen LogP contribution in [-0.4, -0.2) is 11.0 Å². The molecular formula is C13H28O2. The highest BCUT2D eigenvalue weighted by Gasteiger charge is 2.20. The van der Waals surface area contributed by atoms with Crippen molar-refractivity contribution in [1.82, 2.24) is 0 Å². The minimum Gasteiger partial charge on any atom is -0.412 e. The highest BCUT2D eigenvalue weighted by atomic mass is 16.0. The average Bonchev–Trinajstić information content (AvgIpc) is 2.21. The van der Waals surface area contributed by atoms with Crippen molar-refractivity contribution in [2.75, 3.05) is 0 Å². The van der Waals surface area contributed by atoms with Gasteiger partial charge in [-0.1, -0.05) is 64.2 Å². The van der Waals surface area contributed by atoms with Gasteiger partial charge in [0.15, 0.2) is 0 Å². The Morgan fingerprint density at radius 1 is 0.533 bits per heavy atom. The Kier molecular flexibility index (Phi) is 8.07. The fraction of sp³-hybridized carbons (Fsp3) is 1.00. The predicted octanol–water partition coefficient (Wildman–Crippen LogP) is 2.89. The molecule has 0 radical (unpaired) electrons. The first-order valence-corrected chi connectivity index (χ1v) is 6.45. The predicted molar refractivity (Wildman–Crippen MR) is 65.0 cm³/mol. The molecule has 0 heterocycles. The van der Waals surface area contributed by atoms with Crippen LogP contribution in [0.4, 0.5) is 0 Å². The van der Waals surface area contributed by atoms with Gasteiger partial charge in [-0.05, 0) is 18.3 Å². The van der Waals surface area contributed by atoms with E-state index in [2.05, 4.69) is 0 Å². The molecule has 15 heavy (non-hydrogen) atoms. The Morgan fingerprint density at radius 3 is 1.20 bits per heavy atom. The van der Waals surface area contributed by atoms with Crippen LogP contribution in [0.5, 0.6) is 0 Å². The minimum atomic E-state index is 0. The Hall–Kier alpha value is -0.0800. The van der Waals surface area contributed by atoms with E-state index in [1.807, 2.05) is 0 Å². The fourth-order valence-corrected chi connectivity index (χ4v) is 3.32. The van der Waals surface area contributed by atoms with Crippen molar-refractivity contribution in [2.24, 2.45) is 11.8 Å². The summed E-state index contributed by atoms with van der Waals surface area (Å²) in [5.74, 6) is 2.24. The van der Waals surface area contributed by atoms with Crippen LogP contribution in [0.2, 0.25) is 0 Å². The van der Waals surface area contributed by atoms with Crippen molar-refractivity contribution in [3.05, 3.63) is 0 Å². The average molecular weight is 216 g/mol. The number of hydrogen-bond donors (Lipinski definition) is 0. The van der Waals surface area contributed by atoms with Crippen molar-refractivity contribution >= 4 is 0 Å². The van der Waals surface area contributed by atoms with Gasteiger partial charge in [0.05, 0.1) is 0 Å².